The first-order valence-corrected chi connectivity index (χ1v) is 7.83. The van der Waals surface area contributed by atoms with Gasteiger partial charge in [0.05, 0.1) is 12.7 Å². The second kappa shape index (κ2) is 9.52. The molecule has 0 saturated heterocycles. The molecule has 2 N–H and O–H groups in total. The summed E-state index contributed by atoms with van der Waals surface area (Å²) in [5, 5.41) is 6.05. The van der Waals surface area contributed by atoms with Crippen molar-refractivity contribution in [1.82, 2.24) is 10.3 Å². The van der Waals surface area contributed by atoms with Gasteiger partial charge in [0.1, 0.15) is 11.6 Å². The summed E-state index contributed by atoms with van der Waals surface area (Å²) >= 11 is 0. The second-order valence-electron chi connectivity index (χ2n) is 5.24. The quantitative estimate of drug-likeness (QED) is 0.692. The van der Waals surface area contributed by atoms with Crippen molar-refractivity contribution in [1.29, 1.82) is 0 Å². The largest absolute Gasteiger partial charge is 0.497 e. The van der Waals surface area contributed by atoms with Crippen LogP contribution in [0.25, 0.3) is 0 Å². The maximum absolute atomic E-state index is 12.1. The number of ether oxygens (including phenoxy) is 2. The lowest BCUT2D eigenvalue weighted by atomic mass is 10.2. The Balaban J connectivity index is 1.81. The zero-order valence-corrected chi connectivity index (χ0v) is 14.0. The standard InChI is InChI=1S/C18H23N3O3/c1-23-11-3-10-19-17-9-6-15(13-20-17)18(22)21-12-14-4-7-16(24-2)8-5-14/h4-9,13H,3,10-12H2,1-2H3,(H,19,20)(H,21,22). The first-order valence-electron chi connectivity index (χ1n) is 7.83. The van der Waals surface area contributed by atoms with Crippen LogP contribution in [-0.2, 0) is 11.3 Å². The number of carbonyl (C=O) groups excluding carboxylic acids is 1. The number of carbonyl (C=O) groups is 1. The molecule has 0 fully saturated rings. The van der Waals surface area contributed by atoms with Crippen molar-refractivity contribution in [3.63, 3.8) is 0 Å². The number of benzene rings is 1. The van der Waals surface area contributed by atoms with Crippen LogP contribution < -0.4 is 15.4 Å². The number of rotatable bonds is 9. The van der Waals surface area contributed by atoms with E-state index in [1.54, 1.807) is 32.5 Å². The van der Waals surface area contributed by atoms with E-state index in [-0.39, 0.29) is 5.91 Å². The normalized spacial score (nSPS) is 10.2. The van der Waals surface area contributed by atoms with Crippen molar-refractivity contribution >= 4 is 11.7 Å². The molecular weight excluding hydrogens is 306 g/mol. The van der Waals surface area contributed by atoms with Gasteiger partial charge in [-0.1, -0.05) is 12.1 Å². The molecule has 1 aromatic carbocycles. The topological polar surface area (TPSA) is 72.5 Å². The predicted molar refractivity (Wildman–Crippen MR) is 93.4 cm³/mol. The van der Waals surface area contributed by atoms with Crippen LogP contribution in [0.15, 0.2) is 42.6 Å². The number of nitrogens with one attached hydrogen (secondary N) is 2. The maximum atomic E-state index is 12.1. The zero-order chi connectivity index (χ0) is 17.2. The van der Waals surface area contributed by atoms with Gasteiger partial charge in [0.25, 0.3) is 5.91 Å². The number of hydrogen-bond donors (Lipinski definition) is 2. The van der Waals surface area contributed by atoms with Gasteiger partial charge >= 0.3 is 0 Å². The van der Waals surface area contributed by atoms with Crippen LogP contribution in [0.2, 0.25) is 0 Å². The van der Waals surface area contributed by atoms with E-state index < -0.39 is 0 Å². The molecule has 0 aliphatic heterocycles. The second-order valence-corrected chi connectivity index (χ2v) is 5.24. The van der Waals surface area contributed by atoms with Crippen LogP contribution in [0, 0.1) is 0 Å². The number of hydrogen-bond acceptors (Lipinski definition) is 5. The molecule has 0 saturated carbocycles. The zero-order valence-electron chi connectivity index (χ0n) is 14.0. The molecule has 24 heavy (non-hydrogen) atoms. The lowest BCUT2D eigenvalue weighted by Crippen LogP contribution is -2.23. The summed E-state index contributed by atoms with van der Waals surface area (Å²) in [6.45, 7) is 1.95. The molecule has 128 valence electrons. The Hall–Kier alpha value is -2.60. The number of amides is 1. The highest BCUT2D eigenvalue weighted by Crippen LogP contribution is 2.11. The molecule has 2 rings (SSSR count). The monoisotopic (exact) mass is 329 g/mol. The van der Waals surface area contributed by atoms with Crippen molar-refractivity contribution in [2.45, 2.75) is 13.0 Å². The van der Waals surface area contributed by atoms with Crippen molar-refractivity contribution in [3.8, 4) is 5.75 Å². The molecular formula is C18H23N3O3. The molecule has 1 aromatic heterocycles. The smallest absolute Gasteiger partial charge is 0.253 e. The first-order chi connectivity index (χ1) is 11.7. The minimum atomic E-state index is -0.149. The molecule has 2 aromatic rings. The Morgan fingerprint density at radius 1 is 1.12 bits per heavy atom. The SMILES string of the molecule is COCCCNc1ccc(C(=O)NCc2ccc(OC)cc2)cn1. The highest BCUT2D eigenvalue weighted by atomic mass is 16.5. The molecule has 0 aliphatic rings. The minimum Gasteiger partial charge on any atom is -0.497 e. The Labute approximate surface area is 142 Å². The average Bonchev–Trinajstić information content (AvgIpc) is 2.64. The van der Waals surface area contributed by atoms with Crippen molar-refractivity contribution < 1.29 is 14.3 Å². The van der Waals surface area contributed by atoms with E-state index >= 15 is 0 Å². The fourth-order valence-corrected chi connectivity index (χ4v) is 2.09. The lowest BCUT2D eigenvalue weighted by Gasteiger charge is -2.08. The third kappa shape index (κ3) is 5.55. The third-order valence-electron chi connectivity index (χ3n) is 3.47. The van der Waals surface area contributed by atoms with Crippen LogP contribution in [0.3, 0.4) is 0 Å². The summed E-state index contributed by atoms with van der Waals surface area (Å²) < 4.78 is 10.1. The van der Waals surface area contributed by atoms with Crippen LogP contribution >= 0.6 is 0 Å². The number of anilines is 1. The highest BCUT2D eigenvalue weighted by Gasteiger charge is 2.06. The van der Waals surface area contributed by atoms with Crippen LogP contribution in [0.5, 0.6) is 5.75 Å². The molecule has 1 heterocycles. The molecule has 1 amide bonds. The third-order valence-corrected chi connectivity index (χ3v) is 3.47. The summed E-state index contributed by atoms with van der Waals surface area (Å²) in [6.07, 6.45) is 2.48. The maximum Gasteiger partial charge on any atom is 0.253 e. The Bertz CT molecular complexity index is 627. The molecule has 6 heteroatoms. The average molecular weight is 329 g/mol. The summed E-state index contributed by atoms with van der Waals surface area (Å²) in [4.78, 5) is 16.4. The van der Waals surface area contributed by atoms with E-state index in [0.29, 0.717) is 18.7 Å². The molecule has 0 spiro atoms. The van der Waals surface area contributed by atoms with Gasteiger partial charge in [-0.3, -0.25) is 4.79 Å². The minimum absolute atomic E-state index is 0.149. The van der Waals surface area contributed by atoms with E-state index in [0.717, 1.165) is 30.1 Å². The number of pyridine rings is 1. The molecule has 0 aliphatic carbocycles. The van der Waals surface area contributed by atoms with E-state index in [4.69, 9.17) is 9.47 Å². The Morgan fingerprint density at radius 3 is 2.54 bits per heavy atom. The first kappa shape index (κ1) is 17.7. The van der Waals surface area contributed by atoms with E-state index in [1.165, 1.54) is 0 Å². The molecule has 0 atom stereocenters. The summed E-state index contributed by atoms with van der Waals surface area (Å²) in [6, 6.07) is 11.1. The van der Waals surface area contributed by atoms with Crippen molar-refractivity contribution in [2.75, 3.05) is 32.7 Å². The predicted octanol–water partition coefficient (Wildman–Crippen LogP) is 2.47. The van der Waals surface area contributed by atoms with Gasteiger partial charge in [-0.15, -0.1) is 0 Å². The van der Waals surface area contributed by atoms with Gasteiger partial charge < -0.3 is 20.1 Å². The van der Waals surface area contributed by atoms with Gasteiger partial charge in [0, 0.05) is 33.0 Å². The van der Waals surface area contributed by atoms with Crippen molar-refractivity contribution in [3.05, 3.63) is 53.7 Å². The fourth-order valence-electron chi connectivity index (χ4n) is 2.09. The number of aromatic nitrogens is 1. The summed E-state index contributed by atoms with van der Waals surface area (Å²) in [5.74, 6) is 1.39. The Morgan fingerprint density at radius 2 is 1.92 bits per heavy atom. The van der Waals surface area contributed by atoms with Gasteiger partial charge in [-0.2, -0.15) is 0 Å². The van der Waals surface area contributed by atoms with E-state index in [9.17, 15) is 4.79 Å². The lowest BCUT2D eigenvalue weighted by molar-refractivity contribution is 0.0950. The highest BCUT2D eigenvalue weighted by molar-refractivity contribution is 5.94. The van der Waals surface area contributed by atoms with Crippen LogP contribution in [0.1, 0.15) is 22.3 Å². The molecule has 0 unspecified atom stereocenters. The van der Waals surface area contributed by atoms with E-state index in [1.807, 2.05) is 24.3 Å². The fraction of sp³-hybridized carbons (Fsp3) is 0.333. The number of methoxy groups -OCH3 is 2. The van der Waals surface area contributed by atoms with Crippen LogP contribution in [-0.4, -0.2) is 38.3 Å². The molecule has 6 nitrogen and oxygen atoms in total. The van der Waals surface area contributed by atoms with Crippen molar-refractivity contribution in [2.24, 2.45) is 0 Å². The number of nitrogens with zero attached hydrogens (tertiary/aromatic N) is 1. The van der Waals surface area contributed by atoms with Gasteiger partial charge in [-0.05, 0) is 36.2 Å². The van der Waals surface area contributed by atoms with Crippen LogP contribution in [0.4, 0.5) is 5.82 Å². The molecule has 0 radical (unpaired) electrons. The van der Waals surface area contributed by atoms with Gasteiger partial charge in [0.2, 0.25) is 0 Å². The summed E-state index contributed by atoms with van der Waals surface area (Å²) in [5.41, 5.74) is 1.54. The Kier molecular flexibility index (Phi) is 7.04. The van der Waals surface area contributed by atoms with E-state index in [2.05, 4.69) is 15.6 Å². The molecule has 0 bridgehead atoms. The summed E-state index contributed by atoms with van der Waals surface area (Å²) in [7, 11) is 3.30. The van der Waals surface area contributed by atoms with Gasteiger partial charge in [-0.25, -0.2) is 4.98 Å². The van der Waals surface area contributed by atoms with Gasteiger partial charge in [0.15, 0.2) is 0 Å².